The summed E-state index contributed by atoms with van der Waals surface area (Å²) in [7, 11) is 0. The number of rotatable bonds is 2. The van der Waals surface area contributed by atoms with Crippen LogP contribution < -0.4 is 4.74 Å². The maximum atomic E-state index is 12.5. The number of hydrogen-bond acceptors (Lipinski definition) is 3. The molecule has 0 aliphatic heterocycles. The smallest absolute Gasteiger partial charge is 0.322 e. The molecule has 0 N–H and O–H groups in total. The van der Waals surface area contributed by atoms with Crippen LogP contribution in [0, 0.1) is 12.0 Å². The highest BCUT2D eigenvalue weighted by atomic mass is 19.1. The summed E-state index contributed by atoms with van der Waals surface area (Å²) in [5, 5.41) is 0. The summed E-state index contributed by atoms with van der Waals surface area (Å²) in [4.78, 5) is 7.58. The van der Waals surface area contributed by atoms with Crippen LogP contribution in [0.4, 0.5) is 4.39 Å². The quantitative estimate of drug-likeness (QED) is 0.726. The molecule has 2 rings (SSSR count). The van der Waals surface area contributed by atoms with Gasteiger partial charge in [0.1, 0.15) is 11.6 Å². The third-order valence-corrected chi connectivity index (χ3v) is 1.52. The van der Waals surface area contributed by atoms with Crippen LogP contribution in [0.1, 0.15) is 0 Å². The van der Waals surface area contributed by atoms with Gasteiger partial charge in [-0.3, -0.25) is 0 Å². The predicted molar refractivity (Wildman–Crippen MR) is 47.3 cm³/mol. The summed E-state index contributed by atoms with van der Waals surface area (Å²) < 4.78 is 17.7. The van der Waals surface area contributed by atoms with Crippen LogP contribution in [0.3, 0.4) is 0 Å². The van der Waals surface area contributed by atoms with Crippen LogP contribution in [0.5, 0.6) is 11.8 Å². The van der Waals surface area contributed by atoms with Crippen LogP contribution >= 0.6 is 0 Å². The van der Waals surface area contributed by atoms with Gasteiger partial charge in [-0.2, -0.15) is 4.98 Å². The molecule has 14 heavy (non-hydrogen) atoms. The first-order chi connectivity index (χ1) is 6.84. The van der Waals surface area contributed by atoms with E-state index in [-0.39, 0.29) is 11.8 Å². The lowest BCUT2D eigenvalue weighted by Crippen LogP contribution is -1.90. The average Bonchev–Trinajstić information content (AvgIpc) is 2.23. The van der Waals surface area contributed by atoms with Crippen LogP contribution in [-0.2, 0) is 0 Å². The van der Waals surface area contributed by atoms with Crippen molar-refractivity contribution in [3.05, 3.63) is 48.5 Å². The van der Waals surface area contributed by atoms with Gasteiger partial charge in [0.05, 0.1) is 6.20 Å². The number of ether oxygens (including phenoxy) is 1. The summed E-state index contributed by atoms with van der Waals surface area (Å²) in [6.07, 6.45) is 4.10. The third-order valence-electron chi connectivity index (χ3n) is 1.52. The minimum atomic E-state index is -0.308. The van der Waals surface area contributed by atoms with E-state index in [4.69, 9.17) is 4.74 Å². The molecule has 0 amide bonds. The standard InChI is InChI=1S/C10H6FN2O/c11-8-2-4-9(5-3-8)14-10-12-6-1-7-13-10/h1-6H. The van der Waals surface area contributed by atoms with Crippen molar-refractivity contribution in [2.45, 2.75) is 0 Å². The van der Waals surface area contributed by atoms with E-state index in [0.717, 1.165) is 0 Å². The molecule has 3 nitrogen and oxygen atoms in total. The Hall–Kier alpha value is -1.97. The van der Waals surface area contributed by atoms with E-state index in [1.54, 1.807) is 6.07 Å². The average molecular weight is 189 g/mol. The summed E-state index contributed by atoms with van der Waals surface area (Å²) >= 11 is 0. The van der Waals surface area contributed by atoms with Gasteiger partial charge in [0.25, 0.3) is 0 Å². The zero-order chi connectivity index (χ0) is 9.80. The summed E-state index contributed by atoms with van der Waals surface area (Å²) in [5.74, 6) is 0.184. The van der Waals surface area contributed by atoms with E-state index in [2.05, 4.69) is 16.2 Å². The molecule has 0 aliphatic rings. The van der Waals surface area contributed by atoms with Crippen LogP contribution in [0.25, 0.3) is 0 Å². The van der Waals surface area contributed by atoms with Crippen molar-refractivity contribution < 1.29 is 9.13 Å². The molecule has 1 aromatic carbocycles. The lowest BCUT2D eigenvalue weighted by molar-refractivity contribution is 0.440. The fourth-order valence-corrected chi connectivity index (χ4v) is 0.913. The van der Waals surface area contributed by atoms with E-state index in [1.807, 2.05) is 0 Å². The molecule has 0 fully saturated rings. The summed E-state index contributed by atoms with van der Waals surface area (Å²) in [6.45, 7) is 0. The zero-order valence-electron chi connectivity index (χ0n) is 7.14. The van der Waals surface area contributed by atoms with Crippen molar-refractivity contribution in [3.8, 4) is 11.8 Å². The first-order valence-electron chi connectivity index (χ1n) is 3.97. The van der Waals surface area contributed by atoms with E-state index in [0.29, 0.717) is 5.75 Å². The highest BCUT2D eigenvalue weighted by Crippen LogP contribution is 2.16. The lowest BCUT2D eigenvalue weighted by atomic mass is 10.3. The Bertz CT molecular complexity index is 402. The van der Waals surface area contributed by atoms with E-state index < -0.39 is 0 Å². The van der Waals surface area contributed by atoms with Gasteiger partial charge in [0.15, 0.2) is 0 Å². The van der Waals surface area contributed by atoms with E-state index in [9.17, 15) is 4.39 Å². The van der Waals surface area contributed by atoms with Gasteiger partial charge in [-0.05, 0) is 30.3 Å². The largest absolute Gasteiger partial charge is 0.424 e. The molecule has 69 valence electrons. The van der Waals surface area contributed by atoms with Gasteiger partial charge >= 0.3 is 6.01 Å². The topological polar surface area (TPSA) is 35.0 Å². The Morgan fingerprint density at radius 2 is 2.00 bits per heavy atom. The van der Waals surface area contributed by atoms with Gasteiger partial charge in [-0.25, -0.2) is 9.37 Å². The first-order valence-corrected chi connectivity index (χ1v) is 3.97. The van der Waals surface area contributed by atoms with Gasteiger partial charge in [0, 0.05) is 6.20 Å². The van der Waals surface area contributed by atoms with Crippen molar-refractivity contribution >= 4 is 0 Å². The maximum absolute atomic E-state index is 12.5. The van der Waals surface area contributed by atoms with Crippen LogP contribution in [0.15, 0.2) is 36.5 Å². The molecule has 4 heteroatoms. The third kappa shape index (κ3) is 2.04. The van der Waals surface area contributed by atoms with Crippen molar-refractivity contribution in [3.63, 3.8) is 0 Å². The number of benzene rings is 1. The number of aromatic nitrogens is 2. The second kappa shape index (κ2) is 3.83. The molecule has 1 aromatic heterocycles. The minimum absolute atomic E-state index is 0.194. The lowest BCUT2D eigenvalue weighted by Gasteiger charge is -2.01. The predicted octanol–water partition coefficient (Wildman–Crippen LogP) is 2.21. The highest BCUT2D eigenvalue weighted by molar-refractivity contribution is 5.24. The number of halogens is 1. The van der Waals surface area contributed by atoms with Crippen molar-refractivity contribution in [1.29, 1.82) is 0 Å². The molecule has 0 atom stereocenters. The summed E-state index contributed by atoms with van der Waals surface area (Å²) in [5.41, 5.74) is 0. The van der Waals surface area contributed by atoms with Crippen molar-refractivity contribution in [2.75, 3.05) is 0 Å². The minimum Gasteiger partial charge on any atom is -0.424 e. The molecule has 1 heterocycles. The molecule has 0 saturated heterocycles. The SMILES string of the molecule is Fc1ccc(Oc2n[c]ccn2)cc1. The van der Waals surface area contributed by atoms with Crippen molar-refractivity contribution in [1.82, 2.24) is 9.97 Å². The Morgan fingerprint density at radius 1 is 1.21 bits per heavy atom. The number of hydrogen-bond donors (Lipinski definition) is 0. The molecular formula is C10H6FN2O. The first kappa shape index (κ1) is 8.62. The molecule has 2 aromatic rings. The summed E-state index contributed by atoms with van der Waals surface area (Å²) in [6, 6.07) is 7.39. The Balaban J connectivity index is 2.16. The fourth-order valence-electron chi connectivity index (χ4n) is 0.913. The van der Waals surface area contributed by atoms with E-state index in [1.165, 1.54) is 30.5 Å². The van der Waals surface area contributed by atoms with E-state index >= 15 is 0 Å². The fraction of sp³-hybridized carbons (Fsp3) is 0. The second-order valence-corrected chi connectivity index (χ2v) is 2.52. The number of nitrogens with zero attached hydrogens (tertiary/aromatic N) is 2. The Labute approximate surface area is 80.2 Å². The van der Waals surface area contributed by atoms with Crippen molar-refractivity contribution in [2.24, 2.45) is 0 Å². The van der Waals surface area contributed by atoms with Crippen LogP contribution in [-0.4, -0.2) is 9.97 Å². The van der Waals surface area contributed by atoms with Gasteiger partial charge in [-0.15, -0.1) is 0 Å². The van der Waals surface area contributed by atoms with Gasteiger partial charge in [0.2, 0.25) is 0 Å². The Kier molecular flexibility index (Phi) is 2.36. The monoisotopic (exact) mass is 189 g/mol. The molecule has 1 radical (unpaired) electrons. The molecule has 0 aliphatic carbocycles. The van der Waals surface area contributed by atoms with Crippen LogP contribution in [0.2, 0.25) is 0 Å². The van der Waals surface area contributed by atoms with Gasteiger partial charge in [-0.1, -0.05) is 0 Å². The molecule has 0 saturated carbocycles. The maximum Gasteiger partial charge on any atom is 0.322 e. The molecule has 0 spiro atoms. The van der Waals surface area contributed by atoms with Gasteiger partial charge < -0.3 is 4.74 Å². The molecular weight excluding hydrogens is 183 g/mol. The second-order valence-electron chi connectivity index (χ2n) is 2.52. The highest BCUT2D eigenvalue weighted by Gasteiger charge is 1.98. The normalized spacial score (nSPS) is 9.79. The molecule has 0 unspecified atom stereocenters. The Morgan fingerprint density at radius 3 is 2.64 bits per heavy atom. The molecule has 0 bridgehead atoms. The zero-order valence-corrected chi connectivity index (χ0v) is 7.14.